The highest BCUT2D eigenvalue weighted by atomic mass is 32.1. The molecule has 0 unspecified atom stereocenters. The Hall–Kier alpha value is -6.90. The van der Waals surface area contributed by atoms with E-state index in [1.807, 2.05) is 130 Å². The molecular formula is C54H60N6O6S. The molecule has 12 nitrogen and oxygen atoms in total. The fourth-order valence-corrected chi connectivity index (χ4v) is 7.61. The topological polar surface area (TPSA) is 181 Å². The number of hydrogen-bond donors (Lipinski definition) is 4. The number of carboxylic acid groups (broad SMARTS) is 1. The Morgan fingerprint density at radius 3 is 1.81 bits per heavy atom. The Kier molecular flexibility index (Phi) is 20.1. The molecule has 5 N–H and O–H groups in total. The second-order valence-corrected chi connectivity index (χ2v) is 17.1. The van der Waals surface area contributed by atoms with E-state index in [0.29, 0.717) is 31.6 Å². The molecule has 4 aromatic carbocycles. The number of carboxylic acids is 1. The summed E-state index contributed by atoms with van der Waals surface area (Å²) in [4.78, 5) is 50.2. The number of aromatic nitrogens is 3. The lowest BCUT2D eigenvalue weighted by atomic mass is 9.95. The molecule has 0 radical (unpaired) electrons. The van der Waals surface area contributed by atoms with Crippen molar-refractivity contribution in [3.63, 3.8) is 0 Å². The van der Waals surface area contributed by atoms with Gasteiger partial charge in [-0.05, 0) is 123 Å². The van der Waals surface area contributed by atoms with E-state index < -0.39 is 12.0 Å². The smallest absolute Gasteiger partial charge is 0.300 e. The van der Waals surface area contributed by atoms with Crippen LogP contribution in [0.2, 0.25) is 0 Å². The molecule has 7 aromatic rings. The zero-order chi connectivity index (χ0) is 48.1. The minimum Gasteiger partial charge on any atom is -0.508 e. The largest absolute Gasteiger partial charge is 0.508 e. The zero-order valence-corrected chi connectivity index (χ0v) is 39.6. The lowest BCUT2D eigenvalue weighted by molar-refractivity contribution is -0.134. The molecule has 0 aliphatic carbocycles. The third-order valence-electron chi connectivity index (χ3n) is 10.5. The van der Waals surface area contributed by atoms with Crippen LogP contribution < -0.4 is 15.8 Å². The molecule has 0 saturated carbocycles. The van der Waals surface area contributed by atoms with Crippen molar-refractivity contribution in [2.75, 3.05) is 27.2 Å². The van der Waals surface area contributed by atoms with Gasteiger partial charge in [0.05, 0.1) is 23.3 Å². The number of aryl methyl sites for hydroxylation is 2. The van der Waals surface area contributed by atoms with Crippen LogP contribution in [0, 0.1) is 13.8 Å². The van der Waals surface area contributed by atoms with Gasteiger partial charge in [0.1, 0.15) is 18.1 Å². The first-order valence-electron chi connectivity index (χ1n) is 22.0. The van der Waals surface area contributed by atoms with E-state index in [0.717, 1.165) is 75.2 Å². The Morgan fingerprint density at radius 1 is 0.716 bits per heavy atom. The van der Waals surface area contributed by atoms with Crippen LogP contribution in [0.5, 0.6) is 11.5 Å². The summed E-state index contributed by atoms with van der Waals surface area (Å²) in [5.41, 5.74) is 18.4. The van der Waals surface area contributed by atoms with E-state index in [1.54, 1.807) is 23.6 Å². The molecule has 348 valence electrons. The normalized spacial score (nSPS) is 11.6. The number of nitrogens with one attached hydrogen (secondary N) is 1. The van der Waals surface area contributed by atoms with E-state index in [4.69, 9.17) is 20.4 Å². The molecule has 0 aliphatic rings. The highest BCUT2D eigenvalue weighted by molar-refractivity contribution is 7.07. The van der Waals surface area contributed by atoms with Gasteiger partial charge in [-0.1, -0.05) is 72.8 Å². The molecule has 2 atom stereocenters. The van der Waals surface area contributed by atoms with Crippen LogP contribution in [0.1, 0.15) is 46.3 Å². The van der Waals surface area contributed by atoms with E-state index in [9.17, 15) is 14.7 Å². The fraction of sp³-hybridized carbons (Fsp3) is 0.259. The third kappa shape index (κ3) is 17.4. The number of ether oxygens (including phenoxy) is 1. The van der Waals surface area contributed by atoms with E-state index in [2.05, 4.69) is 55.5 Å². The highest BCUT2D eigenvalue weighted by Gasteiger charge is 2.22. The molecule has 0 saturated heterocycles. The Labute approximate surface area is 397 Å². The van der Waals surface area contributed by atoms with Gasteiger partial charge in [-0.2, -0.15) is 0 Å². The van der Waals surface area contributed by atoms with Crippen molar-refractivity contribution >= 4 is 28.9 Å². The van der Waals surface area contributed by atoms with Crippen molar-refractivity contribution in [1.29, 1.82) is 0 Å². The van der Waals surface area contributed by atoms with Crippen LogP contribution in [0.25, 0.3) is 22.3 Å². The van der Waals surface area contributed by atoms with Crippen LogP contribution in [-0.2, 0) is 46.6 Å². The van der Waals surface area contributed by atoms with E-state index >= 15 is 0 Å². The maximum Gasteiger partial charge on any atom is 0.300 e. The number of aliphatic carboxylic acids is 1. The highest BCUT2D eigenvalue weighted by Crippen LogP contribution is 2.29. The van der Waals surface area contributed by atoms with Gasteiger partial charge in [0.25, 0.3) is 5.97 Å². The van der Waals surface area contributed by atoms with Crippen molar-refractivity contribution in [2.45, 2.75) is 65.1 Å². The molecule has 3 heterocycles. The van der Waals surface area contributed by atoms with Gasteiger partial charge in [0, 0.05) is 73.1 Å². The summed E-state index contributed by atoms with van der Waals surface area (Å²) in [6.45, 7) is 6.89. The number of carbonyl (C=O) groups excluding carboxylic acids is 2. The van der Waals surface area contributed by atoms with E-state index in [-0.39, 0.29) is 36.2 Å². The van der Waals surface area contributed by atoms with Gasteiger partial charge in [0.2, 0.25) is 0 Å². The summed E-state index contributed by atoms with van der Waals surface area (Å²) < 4.78 is 6.15. The van der Waals surface area contributed by atoms with Crippen LogP contribution in [-0.4, -0.2) is 86.9 Å². The van der Waals surface area contributed by atoms with Crippen LogP contribution >= 0.6 is 11.3 Å². The molecule has 0 aliphatic heterocycles. The third-order valence-corrected chi connectivity index (χ3v) is 11.2. The number of hydrogen-bond acceptors (Lipinski definition) is 12. The Balaban J connectivity index is 0.000000244. The van der Waals surface area contributed by atoms with Crippen molar-refractivity contribution in [1.82, 2.24) is 25.2 Å². The molecule has 0 amide bonds. The number of ketones is 2. The second-order valence-electron chi connectivity index (χ2n) is 16.4. The average molecular weight is 921 g/mol. The summed E-state index contributed by atoms with van der Waals surface area (Å²) in [5, 5.41) is 23.0. The fourth-order valence-electron chi connectivity index (χ4n) is 7.05. The molecule has 67 heavy (non-hydrogen) atoms. The number of benzene rings is 4. The number of pyridine rings is 2. The van der Waals surface area contributed by atoms with Gasteiger partial charge in [-0.3, -0.25) is 24.4 Å². The van der Waals surface area contributed by atoms with Gasteiger partial charge in [-0.25, -0.2) is 4.98 Å². The van der Waals surface area contributed by atoms with Gasteiger partial charge in [-0.15, -0.1) is 11.3 Å². The van der Waals surface area contributed by atoms with Crippen molar-refractivity contribution < 1.29 is 29.3 Å². The molecule has 0 bridgehead atoms. The second kappa shape index (κ2) is 26.3. The summed E-state index contributed by atoms with van der Waals surface area (Å²) in [6.07, 6.45) is 5.05. The minimum absolute atomic E-state index is 0.0905. The number of nitrogens with zero attached hydrogens (tertiary/aromatic N) is 4. The molecule has 0 fully saturated rings. The minimum atomic E-state index is -0.833. The predicted molar refractivity (Wildman–Crippen MR) is 266 cm³/mol. The molecule has 3 aromatic heterocycles. The summed E-state index contributed by atoms with van der Waals surface area (Å²) in [6, 6.07) is 38.2. The summed E-state index contributed by atoms with van der Waals surface area (Å²) in [5.74, 6) is 0.0642. The Bertz CT molecular complexity index is 2640. The van der Waals surface area contributed by atoms with Gasteiger partial charge in [0.15, 0.2) is 11.6 Å². The predicted octanol–water partition coefficient (Wildman–Crippen LogP) is 8.50. The first-order valence-corrected chi connectivity index (χ1v) is 23.0. The zero-order valence-electron chi connectivity index (χ0n) is 38.8. The number of phenolic OH excluding ortho intramolecular Hbond substituents is 1. The van der Waals surface area contributed by atoms with Crippen LogP contribution in [0.4, 0.5) is 0 Å². The van der Waals surface area contributed by atoms with Crippen molar-refractivity contribution in [3.8, 4) is 33.8 Å². The maximum absolute atomic E-state index is 13.8. The standard InChI is InChI=1S/C30H34N4O2S.C22H22N2O2.C2H4O2/c1-22-15-25(11-12-31-22)24-9-10-30(36-14-13-34(2)3)26(17-24)18-29(35)28(16-23-7-5-4-6-8-23)32-19-27-20-37-21-33-27;1-15-11-18(9-10-24-15)17-7-8-21(25)19(13-17)14-22(26)20(23)12-16-5-3-2-4-6-16;1-2(3)4/h4-12,15,17,20-21,28,32H,13-14,16,18-19H2,1-3H3;2-11,13,20,25H,12,14,23H2,1H3;1H3,(H,3,4)/t28-;20-;/m00./s1. The van der Waals surface area contributed by atoms with Crippen LogP contribution in [0.3, 0.4) is 0 Å². The SMILES string of the molecule is CC(=O)O.Cc1cc(-c2ccc(O)c(CC(=O)[C@@H](N)Cc3ccccc3)c2)ccn1.Cc1cc(-c2ccc(OCCN(C)C)c(CC(=O)[C@H](Cc3ccccc3)NCc3cscn3)c2)ccn1. The van der Waals surface area contributed by atoms with Crippen molar-refractivity contribution in [2.24, 2.45) is 5.73 Å². The first-order chi connectivity index (χ1) is 32.2. The molecular weight excluding hydrogens is 861 g/mol. The lowest BCUT2D eigenvalue weighted by Crippen LogP contribution is -2.39. The number of aromatic hydroxyl groups is 1. The van der Waals surface area contributed by atoms with E-state index in [1.165, 1.54) is 0 Å². The molecule has 7 rings (SSSR count). The monoisotopic (exact) mass is 920 g/mol. The lowest BCUT2D eigenvalue weighted by Gasteiger charge is -2.20. The number of likely N-dealkylation sites (N-methyl/N-ethyl adjacent to an activating group) is 1. The number of thiazole rings is 1. The van der Waals surface area contributed by atoms with Gasteiger partial charge < -0.3 is 30.9 Å². The number of nitrogens with two attached hydrogens (primary N) is 1. The molecule has 0 spiro atoms. The number of Topliss-reactive ketones (excluding diaryl/α,β-unsaturated/α-hetero) is 2. The van der Waals surface area contributed by atoms with Crippen LogP contribution in [0.15, 0.2) is 145 Å². The average Bonchev–Trinajstić information content (AvgIpc) is 3.83. The van der Waals surface area contributed by atoms with Crippen molar-refractivity contribution in [3.05, 3.63) is 184 Å². The first kappa shape index (κ1) is 51.1. The van der Waals surface area contributed by atoms with Gasteiger partial charge >= 0.3 is 0 Å². The summed E-state index contributed by atoms with van der Waals surface area (Å²) >= 11 is 1.56. The quantitative estimate of drug-likeness (QED) is 0.0609. The number of rotatable bonds is 19. The summed E-state index contributed by atoms with van der Waals surface area (Å²) in [7, 11) is 4.04. The molecule has 13 heteroatoms. The Morgan fingerprint density at radius 2 is 1.25 bits per heavy atom. The maximum atomic E-state index is 13.8. The number of carbonyl (C=O) groups is 3. The number of phenols is 1.